The summed E-state index contributed by atoms with van der Waals surface area (Å²) < 4.78 is 5.50. The molecule has 3 N–H and O–H groups in total. The van der Waals surface area contributed by atoms with Crippen molar-refractivity contribution < 1.29 is 24.5 Å². The van der Waals surface area contributed by atoms with Crippen LogP contribution in [0.3, 0.4) is 0 Å². The number of amides is 1. The second kappa shape index (κ2) is 69.6. The summed E-state index contributed by atoms with van der Waals surface area (Å²) in [7, 11) is 0. The number of esters is 1. The molecule has 6 heteroatoms. The van der Waals surface area contributed by atoms with Gasteiger partial charge in [-0.05, 0) is 83.5 Å². The zero-order valence-corrected chi connectivity index (χ0v) is 54.1. The van der Waals surface area contributed by atoms with Gasteiger partial charge in [-0.15, -0.1) is 0 Å². The lowest BCUT2D eigenvalue weighted by molar-refractivity contribution is -0.143. The quantitative estimate of drug-likeness (QED) is 0.0320. The first-order valence-electron chi connectivity index (χ1n) is 36.3. The van der Waals surface area contributed by atoms with Crippen molar-refractivity contribution in [3.05, 3.63) is 36.5 Å². The van der Waals surface area contributed by atoms with Gasteiger partial charge in [0.15, 0.2) is 0 Å². The predicted octanol–water partition coefficient (Wildman–Crippen LogP) is 23.5. The van der Waals surface area contributed by atoms with Crippen LogP contribution in [0.2, 0.25) is 0 Å². The smallest absolute Gasteiger partial charge is 0.305 e. The fourth-order valence-electron chi connectivity index (χ4n) is 11.3. The molecule has 0 saturated heterocycles. The van der Waals surface area contributed by atoms with E-state index >= 15 is 0 Å². The van der Waals surface area contributed by atoms with Crippen molar-refractivity contribution in [2.24, 2.45) is 0 Å². The third-order valence-corrected chi connectivity index (χ3v) is 16.9. The van der Waals surface area contributed by atoms with Gasteiger partial charge in [0.2, 0.25) is 5.91 Å². The van der Waals surface area contributed by atoms with Crippen molar-refractivity contribution in [3.63, 3.8) is 0 Å². The van der Waals surface area contributed by atoms with Gasteiger partial charge in [0.25, 0.3) is 0 Å². The molecule has 0 aliphatic carbocycles. The van der Waals surface area contributed by atoms with Crippen molar-refractivity contribution in [1.29, 1.82) is 0 Å². The SMILES string of the molecule is CCCCCCCC/C=C\CCCCCCCCCC(=O)OCCCCCCCCCCCCCC/C=C\CCCCCCCCCC(=O)NC(CO)C(O)/C=C/CCCCCCCCCCCCCCCCCCCCCCC. The van der Waals surface area contributed by atoms with E-state index in [2.05, 4.69) is 43.5 Å². The number of rotatable bonds is 68. The number of aliphatic hydroxyl groups is 2. The summed E-state index contributed by atoms with van der Waals surface area (Å²) >= 11 is 0. The maximum absolute atomic E-state index is 12.5. The minimum atomic E-state index is -0.850. The molecule has 0 aromatic heterocycles. The minimum absolute atomic E-state index is 0.00832. The van der Waals surface area contributed by atoms with Crippen molar-refractivity contribution in [2.45, 2.75) is 411 Å². The third kappa shape index (κ3) is 65.2. The Kier molecular flexibility index (Phi) is 67.9. The zero-order chi connectivity index (χ0) is 57.8. The Bertz CT molecular complexity index is 1300. The number of unbranched alkanes of at least 4 members (excludes halogenated alkanes) is 53. The van der Waals surface area contributed by atoms with E-state index in [1.807, 2.05) is 6.08 Å². The highest BCUT2D eigenvalue weighted by molar-refractivity contribution is 5.76. The predicted molar refractivity (Wildman–Crippen MR) is 352 cm³/mol. The highest BCUT2D eigenvalue weighted by Crippen LogP contribution is 2.18. The van der Waals surface area contributed by atoms with Crippen molar-refractivity contribution in [1.82, 2.24) is 5.32 Å². The fourth-order valence-corrected chi connectivity index (χ4v) is 11.3. The maximum Gasteiger partial charge on any atom is 0.305 e. The van der Waals surface area contributed by atoms with Crippen LogP contribution in [-0.4, -0.2) is 47.4 Å². The Hall–Kier alpha value is -1.92. The van der Waals surface area contributed by atoms with Crippen LogP contribution in [-0.2, 0) is 14.3 Å². The average Bonchev–Trinajstić information content (AvgIpc) is 3.46. The van der Waals surface area contributed by atoms with Gasteiger partial charge >= 0.3 is 5.97 Å². The van der Waals surface area contributed by atoms with Crippen LogP contribution in [0, 0.1) is 0 Å². The van der Waals surface area contributed by atoms with Crippen LogP contribution < -0.4 is 5.32 Å². The van der Waals surface area contributed by atoms with Gasteiger partial charge < -0.3 is 20.3 Å². The fraction of sp³-hybridized carbons (Fsp3) is 0.892. The molecular weight excluding hydrogens is 983 g/mol. The van der Waals surface area contributed by atoms with Crippen LogP contribution in [0.25, 0.3) is 0 Å². The molecule has 0 saturated carbocycles. The molecule has 0 spiro atoms. The molecule has 0 radical (unpaired) electrons. The highest BCUT2D eigenvalue weighted by Gasteiger charge is 2.18. The first-order chi connectivity index (χ1) is 39.5. The number of aliphatic hydroxyl groups excluding tert-OH is 2. The number of allylic oxidation sites excluding steroid dienone is 5. The van der Waals surface area contributed by atoms with Crippen LogP contribution in [0.15, 0.2) is 36.5 Å². The van der Waals surface area contributed by atoms with Crippen LogP contribution in [0.1, 0.15) is 399 Å². The second-order valence-electron chi connectivity index (χ2n) is 24.9. The van der Waals surface area contributed by atoms with Gasteiger partial charge in [-0.1, -0.05) is 339 Å². The van der Waals surface area contributed by atoms with Crippen LogP contribution >= 0.6 is 0 Å². The molecule has 2 atom stereocenters. The molecular formula is C74H141NO5. The Morgan fingerprint density at radius 1 is 0.338 bits per heavy atom. The van der Waals surface area contributed by atoms with Gasteiger partial charge in [0.1, 0.15) is 0 Å². The van der Waals surface area contributed by atoms with Crippen molar-refractivity contribution >= 4 is 11.9 Å². The molecule has 0 aromatic rings. The standard InChI is InChI=1S/C74H141NO5/c1-3-5-7-9-11-13-15-17-19-21-22-23-25-28-31-35-38-42-46-50-54-58-62-66-72(77)71(70-76)75-73(78)67-63-59-55-51-47-43-39-36-32-29-26-24-27-30-33-37-41-45-49-53-57-61-65-69-80-74(79)68-64-60-56-52-48-44-40-34-20-18-16-14-12-10-8-6-4-2/h18,20,29,32,62,66,71-72,76-77H,3-17,19,21-28,30-31,33-61,63-65,67-70H2,1-2H3,(H,75,78)/b20-18-,32-29-,66-62+. The molecule has 2 unspecified atom stereocenters. The first-order valence-corrected chi connectivity index (χ1v) is 36.3. The normalized spacial score (nSPS) is 12.7. The zero-order valence-electron chi connectivity index (χ0n) is 54.1. The largest absolute Gasteiger partial charge is 0.466 e. The summed E-state index contributed by atoms with van der Waals surface area (Å²) in [6.45, 7) is 4.93. The minimum Gasteiger partial charge on any atom is -0.466 e. The summed E-state index contributed by atoms with van der Waals surface area (Å²) in [5.41, 5.74) is 0. The average molecular weight is 1120 g/mol. The topological polar surface area (TPSA) is 95.9 Å². The third-order valence-electron chi connectivity index (χ3n) is 16.9. The van der Waals surface area contributed by atoms with Crippen molar-refractivity contribution in [3.8, 4) is 0 Å². The van der Waals surface area contributed by atoms with Gasteiger partial charge in [-0.25, -0.2) is 0 Å². The summed E-state index contributed by atoms with van der Waals surface area (Å²) in [6.07, 6.45) is 89.4. The summed E-state index contributed by atoms with van der Waals surface area (Å²) in [5, 5.41) is 23.3. The van der Waals surface area contributed by atoms with E-state index in [9.17, 15) is 19.8 Å². The maximum atomic E-state index is 12.5. The second-order valence-corrected chi connectivity index (χ2v) is 24.9. The van der Waals surface area contributed by atoms with E-state index in [1.54, 1.807) is 6.08 Å². The molecule has 6 nitrogen and oxygen atoms in total. The molecule has 0 fully saturated rings. The Balaban J connectivity index is 3.43. The number of hydrogen-bond acceptors (Lipinski definition) is 5. The lowest BCUT2D eigenvalue weighted by Crippen LogP contribution is -2.45. The molecule has 0 bridgehead atoms. The molecule has 0 aromatic carbocycles. The van der Waals surface area contributed by atoms with E-state index in [4.69, 9.17) is 4.74 Å². The lowest BCUT2D eigenvalue weighted by Gasteiger charge is -2.20. The van der Waals surface area contributed by atoms with E-state index < -0.39 is 12.1 Å². The molecule has 0 aliphatic heterocycles. The van der Waals surface area contributed by atoms with Crippen LogP contribution in [0.5, 0.6) is 0 Å². The Labute approximate surface area is 500 Å². The van der Waals surface area contributed by atoms with Gasteiger partial charge in [-0.2, -0.15) is 0 Å². The number of carbonyl (C=O) groups excluding carboxylic acids is 2. The number of carbonyl (C=O) groups is 2. The van der Waals surface area contributed by atoms with E-state index in [0.29, 0.717) is 19.4 Å². The van der Waals surface area contributed by atoms with Crippen molar-refractivity contribution in [2.75, 3.05) is 13.2 Å². The molecule has 1 amide bonds. The van der Waals surface area contributed by atoms with Gasteiger partial charge in [0.05, 0.1) is 25.4 Å². The number of ether oxygens (including phenoxy) is 1. The lowest BCUT2D eigenvalue weighted by atomic mass is 10.0. The number of nitrogens with one attached hydrogen (secondary N) is 1. The molecule has 80 heavy (non-hydrogen) atoms. The van der Waals surface area contributed by atoms with Crippen LogP contribution in [0.4, 0.5) is 0 Å². The first kappa shape index (κ1) is 78.1. The summed E-state index contributed by atoms with van der Waals surface area (Å²) in [4.78, 5) is 24.6. The highest BCUT2D eigenvalue weighted by atomic mass is 16.5. The molecule has 0 aliphatic rings. The number of hydrogen-bond donors (Lipinski definition) is 3. The summed E-state index contributed by atoms with van der Waals surface area (Å²) in [6, 6.07) is -0.634. The Morgan fingerprint density at radius 2 is 0.588 bits per heavy atom. The molecule has 0 heterocycles. The van der Waals surface area contributed by atoms with E-state index in [-0.39, 0.29) is 18.5 Å². The van der Waals surface area contributed by atoms with E-state index in [1.165, 1.54) is 321 Å². The molecule has 472 valence electrons. The summed E-state index contributed by atoms with van der Waals surface area (Å²) in [5.74, 6) is -0.0621. The Morgan fingerprint density at radius 3 is 0.887 bits per heavy atom. The van der Waals surface area contributed by atoms with E-state index in [0.717, 1.165) is 51.4 Å². The van der Waals surface area contributed by atoms with Gasteiger partial charge in [-0.3, -0.25) is 9.59 Å². The molecule has 0 rings (SSSR count). The van der Waals surface area contributed by atoms with Gasteiger partial charge in [0, 0.05) is 12.8 Å². The monoisotopic (exact) mass is 1120 g/mol.